The largest absolute Gasteiger partial charge is 0.497 e. The van der Waals surface area contributed by atoms with Crippen molar-refractivity contribution in [3.05, 3.63) is 94.3 Å². The Morgan fingerprint density at radius 1 is 0.971 bits per heavy atom. The first-order valence-corrected chi connectivity index (χ1v) is 12.1. The van der Waals surface area contributed by atoms with Crippen LogP contribution in [0.15, 0.2) is 87.5 Å². The average molecular weight is 477 g/mol. The van der Waals surface area contributed by atoms with E-state index in [0.29, 0.717) is 17.0 Å². The first-order chi connectivity index (χ1) is 16.2. The van der Waals surface area contributed by atoms with Crippen LogP contribution in [-0.2, 0) is 21.2 Å². The normalized spacial score (nSPS) is 11.4. The highest BCUT2D eigenvalue weighted by molar-refractivity contribution is 7.91. The molecule has 0 fully saturated rings. The van der Waals surface area contributed by atoms with Crippen LogP contribution in [0.4, 0.5) is 5.69 Å². The summed E-state index contributed by atoms with van der Waals surface area (Å²) in [5.41, 5.74) is 2.31. The van der Waals surface area contributed by atoms with Crippen LogP contribution in [-0.4, -0.2) is 26.0 Å². The van der Waals surface area contributed by atoms with Crippen molar-refractivity contribution in [2.24, 2.45) is 0 Å². The molecule has 34 heavy (non-hydrogen) atoms. The summed E-state index contributed by atoms with van der Waals surface area (Å²) in [6, 6.07) is 18.4. The fourth-order valence-electron chi connectivity index (χ4n) is 3.77. The van der Waals surface area contributed by atoms with Crippen LogP contribution in [0.1, 0.15) is 11.1 Å². The number of hydrogen-bond donors (Lipinski definition) is 1. The van der Waals surface area contributed by atoms with Gasteiger partial charge in [0, 0.05) is 17.3 Å². The molecule has 0 aliphatic heterocycles. The maximum Gasteiger partial charge on any atom is 0.244 e. The third-order valence-corrected chi connectivity index (χ3v) is 7.24. The van der Waals surface area contributed by atoms with Crippen LogP contribution in [0.3, 0.4) is 0 Å². The highest BCUT2D eigenvalue weighted by Gasteiger charge is 2.24. The molecular formula is C26H24N2O5S. The highest BCUT2D eigenvalue weighted by atomic mass is 32.2. The van der Waals surface area contributed by atoms with Crippen molar-refractivity contribution in [2.75, 3.05) is 12.4 Å². The van der Waals surface area contributed by atoms with E-state index >= 15 is 0 Å². The van der Waals surface area contributed by atoms with Crippen LogP contribution < -0.4 is 15.5 Å². The van der Waals surface area contributed by atoms with E-state index in [4.69, 9.17) is 4.74 Å². The summed E-state index contributed by atoms with van der Waals surface area (Å²) in [5.74, 6) is 0.155. The van der Waals surface area contributed by atoms with Gasteiger partial charge < -0.3 is 14.6 Å². The van der Waals surface area contributed by atoms with E-state index in [2.05, 4.69) is 5.32 Å². The SMILES string of the molecule is COc1ccc(S(=O)(=O)c2cn(CC(=O)Nc3cccc(C)c3)c3ccc(C)cc3c2=O)cc1. The fraction of sp³-hybridized carbons (Fsp3) is 0.154. The second-order valence-electron chi connectivity index (χ2n) is 8.07. The number of anilines is 1. The lowest BCUT2D eigenvalue weighted by molar-refractivity contribution is -0.116. The highest BCUT2D eigenvalue weighted by Crippen LogP contribution is 2.24. The number of nitrogens with zero attached hydrogens (tertiary/aromatic N) is 1. The van der Waals surface area contributed by atoms with Gasteiger partial charge in [-0.3, -0.25) is 9.59 Å². The van der Waals surface area contributed by atoms with Gasteiger partial charge in [-0.1, -0.05) is 23.8 Å². The zero-order chi connectivity index (χ0) is 24.5. The van der Waals surface area contributed by atoms with Crippen molar-refractivity contribution >= 4 is 32.3 Å². The summed E-state index contributed by atoms with van der Waals surface area (Å²) in [6.45, 7) is 3.57. The van der Waals surface area contributed by atoms with Gasteiger partial charge in [-0.25, -0.2) is 8.42 Å². The van der Waals surface area contributed by atoms with Gasteiger partial charge in [-0.05, 0) is 67.9 Å². The predicted molar refractivity (Wildman–Crippen MR) is 131 cm³/mol. The maximum absolute atomic E-state index is 13.4. The number of nitrogens with one attached hydrogen (secondary N) is 1. The van der Waals surface area contributed by atoms with Crippen LogP contribution in [0.25, 0.3) is 10.9 Å². The van der Waals surface area contributed by atoms with Gasteiger partial charge in [0.25, 0.3) is 0 Å². The number of aryl methyl sites for hydroxylation is 2. The molecule has 3 aromatic carbocycles. The Balaban J connectivity index is 1.81. The number of aromatic nitrogens is 1. The Morgan fingerprint density at radius 3 is 2.35 bits per heavy atom. The van der Waals surface area contributed by atoms with Crippen LogP contribution in [0.2, 0.25) is 0 Å². The van der Waals surface area contributed by atoms with Crippen molar-refractivity contribution in [3.63, 3.8) is 0 Å². The summed E-state index contributed by atoms with van der Waals surface area (Å²) in [5, 5.41) is 3.06. The number of benzene rings is 3. The van der Waals surface area contributed by atoms with Crippen LogP contribution in [0, 0.1) is 13.8 Å². The molecule has 0 unspecified atom stereocenters. The molecule has 1 heterocycles. The monoisotopic (exact) mass is 476 g/mol. The number of amides is 1. The standard InChI is InChI=1S/C26H24N2O5S/c1-17-5-4-6-19(13-17)27-25(29)16-28-15-24(26(30)22-14-18(2)7-12-23(22)28)34(31,32)21-10-8-20(33-3)9-11-21/h4-15H,16H2,1-3H3,(H,27,29). The molecular weight excluding hydrogens is 452 g/mol. The second kappa shape index (κ2) is 9.15. The molecule has 4 rings (SSSR count). The van der Waals surface area contributed by atoms with Crippen molar-refractivity contribution < 1.29 is 17.9 Å². The van der Waals surface area contributed by atoms with E-state index in [-0.39, 0.29) is 27.6 Å². The molecule has 174 valence electrons. The molecule has 0 bridgehead atoms. The molecule has 8 heteroatoms. The summed E-state index contributed by atoms with van der Waals surface area (Å²) >= 11 is 0. The summed E-state index contributed by atoms with van der Waals surface area (Å²) < 4.78 is 33.4. The first-order valence-electron chi connectivity index (χ1n) is 10.6. The topological polar surface area (TPSA) is 94.5 Å². The van der Waals surface area contributed by atoms with Gasteiger partial charge in [-0.15, -0.1) is 0 Å². The Labute approximate surface area is 197 Å². The zero-order valence-electron chi connectivity index (χ0n) is 19.0. The van der Waals surface area contributed by atoms with Gasteiger partial charge in [0.2, 0.25) is 21.2 Å². The van der Waals surface area contributed by atoms with E-state index in [0.717, 1.165) is 11.1 Å². The molecule has 1 amide bonds. The molecule has 0 radical (unpaired) electrons. The third kappa shape index (κ3) is 4.58. The first kappa shape index (κ1) is 23.3. The molecule has 4 aromatic rings. The third-order valence-electron chi connectivity index (χ3n) is 5.48. The number of ether oxygens (including phenoxy) is 1. The number of pyridine rings is 1. The van der Waals surface area contributed by atoms with E-state index in [1.54, 1.807) is 18.2 Å². The fourth-order valence-corrected chi connectivity index (χ4v) is 5.14. The number of carbonyl (C=O) groups is 1. The number of hydrogen-bond acceptors (Lipinski definition) is 5. The van der Waals surface area contributed by atoms with Crippen LogP contribution in [0.5, 0.6) is 5.75 Å². The number of methoxy groups -OCH3 is 1. The lowest BCUT2D eigenvalue weighted by atomic mass is 10.1. The second-order valence-corrected chi connectivity index (χ2v) is 9.99. The minimum Gasteiger partial charge on any atom is -0.497 e. The van der Waals surface area contributed by atoms with Crippen molar-refractivity contribution in [3.8, 4) is 5.75 Å². The summed E-state index contributed by atoms with van der Waals surface area (Å²) in [7, 11) is -2.66. The molecule has 0 atom stereocenters. The predicted octanol–water partition coefficient (Wildman–Crippen LogP) is 4.10. The number of rotatable bonds is 6. The molecule has 0 aliphatic rings. The number of fused-ring (bicyclic) bond motifs is 1. The molecule has 7 nitrogen and oxygen atoms in total. The van der Waals surface area contributed by atoms with Crippen molar-refractivity contribution in [1.82, 2.24) is 4.57 Å². The van der Waals surface area contributed by atoms with Crippen molar-refractivity contribution in [1.29, 1.82) is 0 Å². The number of carbonyl (C=O) groups excluding carboxylic acids is 1. The van der Waals surface area contributed by atoms with E-state index in [1.807, 2.05) is 38.1 Å². The Morgan fingerprint density at radius 2 is 1.68 bits per heavy atom. The zero-order valence-corrected chi connectivity index (χ0v) is 19.8. The van der Waals surface area contributed by atoms with Gasteiger partial charge in [0.1, 0.15) is 17.2 Å². The molecule has 0 spiro atoms. The van der Waals surface area contributed by atoms with E-state index in [1.165, 1.54) is 42.1 Å². The van der Waals surface area contributed by atoms with Gasteiger partial charge in [-0.2, -0.15) is 0 Å². The smallest absolute Gasteiger partial charge is 0.244 e. The molecule has 1 aromatic heterocycles. The molecule has 1 N–H and O–H groups in total. The van der Waals surface area contributed by atoms with Gasteiger partial charge in [0.05, 0.1) is 17.5 Å². The Bertz CT molecular complexity index is 1550. The summed E-state index contributed by atoms with van der Waals surface area (Å²) in [4.78, 5) is 25.7. The van der Waals surface area contributed by atoms with E-state index < -0.39 is 15.3 Å². The number of sulfone groups is 1. The summed E-state index contributed by atoms with van der Waals surface area (Å²) in [6.07, 6.45) is 1.25. The molecule has 0 saturated heterocycles. The van der Waals surface area contributed by atoms with Crippen molar-refractivity contribution in [2.45, 2.75) is 30.2 Å². The molecule has 0 aliphatic carbocycles. The minimum absolute atomic E-state index is 0.0341. The Kier molecular flexibility index (Phi) is 6.26. The molecule has 0 saturated carbocycles. The van der Waals surface area contributed by atoms with Gasteiger partial charge in [0.15, 0.2) is 0 Å². The minimum atomic E-state index is -4.14. The lowest BCUT2D eigenvalue weighted by Gasteiger charge is -2.15. The van der Waals surface area contributed by atoms with E-state index in [9.17, 15) is 18.0 Å². The quantitative estimate of drug-likeness (QED) is 0.452. The van der Waals surface area contributed by atoms with Gasteiger partial charge >= 0.3 is 0 Å². The average Bonchev–Trinajstić information content (AvgIpc) is 2.80. The Hall–Kier alpha value is -3.91. The van der Waals surface area contributed by atoms with Crippen LogP contribution >= 0.6 is 0 Å². The maximum atomic E-state index is 13.4. The lowest BCUT2D eigenvalue weighted by Crippen LogP contribution is -2.24.